The van der Waals surface area contributed by atoms with Gasteiger partial charge in [0.05, 0.1) is 6.54 Å². The van der Waals surface area contributed by atoms with Crippen LogP contribution in [0.25, 0.3) is 0 Å². The van der Waals surface area contributed by atoms with Crippen molar-refractivity contribution in [2.24, 2.45) is 0 Å². The second kappa shape index (κ2) is 8.14. The average Bonchev–Trinajstić information content (AvgIpc) is 3.12. The molecule has 146 valence electrons. The molecule has 1 aliphatic rings. The van der Waals surface area contributed by atoms with Crippen LogP contribution in [0.3, 0.4) is 0 Å². The number of benzene rings is 1. The molecular weight excluding hydrogens is 424 g/mol. The van der Waals surface area contributed by atoms with Gasteiger partial charge in [-0.1, -0.05) is 34.5 Å². The molecule has 0 unspecified atom stereocenters. The number of hydrogen-bond donors (Lipinski definition) is 1. The van der Waals surface area contributed by atoms with Crippen LogP contribution in [0, 0.1) is 0 Å². The Morgan fingerprint density at radius 1 is 1.18 bits per heavy atom. The number of nitrogens with zero attached hydrogens (tertiary/aromatic N) is 5. The fraction of sp³-hybridized carbons (Fsp3) is 0.368. The number of aromatic nitrogens is 5. The minimum absolute atomic E-state index is 0.121. The van der Waals surface area contributed by atoms with E-state index in [9.17, 15) is 9.59 Å². The summed E-state index contributed by atoms with van der Waals surface area (Å²) >= 11 is 3.42. The van der Waals surface area contributed by atoms with Gasteiger partial charge in [-0.15, -0.1) is 0 Å². The Balaban J connectivity index is 1.44. The van der Waals surface area contributed by atoms with Crippen molar-refractivity contribution in [3.05, 3.63) is 63.0 Å². The van der Waals surface area contributed by atoms with E-state index in [2.05, 4.69) is 31.3 Å². The molecule has 8 nitrogen and oxygen atoms in total. The van der Waals surface area contributed by atoms with E-state index in [1.807, 2.05) is 35.0 Å². The van der Waals surface area contributed by atoms with Gasteiger partial charge in [0.2, 0.25) is 11.9 Å². The maximum absolute atomic E-state index is 12.5. The molecule has 0 aliphatic carbocycles. The molecule has 0 bridgehead atoms. The van der Waals surface area contributed by atoms with E-state index in [0.717, 1.165) is 41.5 Å². The smallest absolute Gasteiger partial charge is 0.313 e. The highest BCUT2D eigenvalue weighted by molar-refractivity contribution is 9.10. The van der Waals surface area contributed by atoms with Crippen molar-refractivity contribution in [1.82, 2.24) is 23.9 Å². The lowest BCUT2D eigenvalue weighted by Crippen LogP contribution is -2.30. The fourth-order valence-corrected chi connectivity index (χ4v) is 3.64. The number of aryl methyl sites for hydroxylation is 1. The quantitative estimate of drug-likeness (QED) is 0.654. The lowest BCUT2D eigenvalue weighted by molar-refractivity contribution is -0.117. The van der Waals surface area contributed by atoms with E-state index >= 15 is 0 Å². The maximum atomic E-state index is 12.5. The Morgan fingerprint density at radius 3 is 2.82 bits per heavy atom. The summed E-state index contributed by atoms with van der Waals surface area (Å²) in [4.78, 5) is 29.2. The predicted molar refractivity (Wildman–Crippen MR) is 108 cm³/mol. The third-order valence-corrected chi connectivity index (χ3v) is 5.34. The summed E-state index contributed by atoms with van der Waals surface area (Å²) in [5, 5.41) is 7.14. The summed E-state index contributed by atoms with van der Waals surface area (Å²) in [6.45, 7) is 1.14. The van der Waals surface area contributed by atoms with Crippen LogP contribution in [-0.4, -0.2) is 29.8 Å². The highest BCUT2D eigenvalue weighted by atomic mass is 79.9. The van der Waals surface area contributed by atoms with Gasteiger partial charge in [-0.05, 0) is 30.5 Å². The fourth-order valence-electron chi connectivity index (χ4n) is 3.38. The Morgan fingerprint density at radius 2 is 2.00 bits per heavy atom. The molecule has 2 aromatic heterocycles. The van der Waals surface area contributed by atoms with E-state index < -0.39 is 0 Å². The second-order valence-electron chi connectivity index (χ2n) is 6.87. The van der Waals surface area contributed by atoms with Crippen molar-refractivity contribution in [3.63, 3.8) is 0 Å². The lowest BCUT2D eigenvalue weighted by atomic mass is 10.2. The first-order valence-corrected chi connectivity index (χ1v) is 10.1. The topological polar surface area (TPSA) is 86.7 Å². The Kier molecular flexibility index (Phi) is 5.43. The molecule has 0 spiro atoms. The summed E-state index contributed by atoms with van der Waals surface area (Å²) in [5.74, 6) is 0.896. The van der Waals surface area contributed by atoms with E-state index in [1.54, 1.807) is 10.8 Å². The molecule has 1 aromatic carbocycles. The van der Waals surface area contributed by atoms with E-state index in [4.69, 9.17) is 0 Å². The van der Waals surface area contributed by atoms with Crippen LogP contribution in [-0.2, 0) is 30.8 Å². The van der Waals surface area contributed by atoms with E-state index in [0.29, 0.717) is 19.0 Å². The van der Waals surface area contributed by atoms with Crippen molar-refractivity contribution in [2.45, 2.75) is 45.3 Å². The van der Waals surface area contributed by atoms with Crippen LogP contribution in [0.1, 0.15) is 30.7 Å². The van der Waals surface area contributed by atoms with Gasteiger partial charge in [0.15, 0.2) is 0 Å². The number of fused-ring (bicyclic) bond motifs is 1. The molecule has 0 saturated heterocycles. The molecule has 1 N–H and O–H groups in total. The molecule has 0 saturated carbocycles. The predicted octanol–water partition coefficient (Wildman–Crippen LogP) is 2.42. The third kappa shape index (κ3) is 4.09. The van der Waals surface area contributed by atoms with Gasteiger partial charge in [0.1, 0.15) is 12.4 Å². The summed E-state index contributed by atoms with van der Waals surface area (Å²) in [5.41, 5.74) is 0.871. The Hall–Kier alpha value is -2.68. The van der Waals surface area contributed by atoms with Crippen LogP contribution < -0.4 is 11.0 Å². The normalized spacial score (nSPS) is 13.8. The van der Waals surface area contributed by atoms with E-state index in [-0.39, 0.29) is 18.1 Å². The molecule has 4 rings (SSSR count). The summed E-state index contributed by atoms with van der Waals surface area (Å²) in [6.07, 6.45) is 7.32. The zero-order valence-corrected chi connectivity index (χ0v) is 16.9. The number of halogens is 1. The van der Waals surface area contributed by atoms with Crippen LogP contribution in [0.5, 0.6) is 0 Å². The first-order valence-electron chi connectivity index (χ1n) is 9.32. The zero-order chi connectivity index (χ0) is 19.5. The Labute approximate surface area is 170 Å². The zero-order valence-electron chi connectivity index (χ0n) is 15.3. The number of amides is 1. The molecule has 0 fully saturated rings. The first-order chi connectivity index (χ1) is 13.6. The number of rotatable bonds is 5. The number of anilines is 1. The van der Waals surface area contributed by atoms with Gasteiger partial charge in [-0.25, -0.2) is 14.5 Å². The van der Waals surface area contributed by atoms with Gasteiger partial charge in [-0.3, -0.25) is 14.7 Å². The highest BCUT2D eigenvalue weighted by Crippen LogP contribution is 2.14. The maximum Gasteiger partial charge on any atom is 0.346 e. The average molecular weight is 445 g/mol. The second-order valence-corrected chi connectivity index (χ2v) is 7.79. The summed E-state index contributed by atoms with van der Waals surface area (Å²) in [6, 6.07) is 7.96. The van der Waals surface area contributed by atoms with Gasteiger partial charge in [0, 0.05) is 29.8 Å². The molecule has 0 atom stereocenters. The minimum Gasteiger partial charge on any atom is -0.313 e. The van der Waals surface area contributed by atoms with Gasteiger partial charge in [-0.2, -0.15) is 5.10 Å². The van der Waals surface area contributed by atoms with Crippen LogP contribution >= 0.6 is 15.9 Å². The summed E-state index contributed by atoms with van der Waals surface area (Å²) in [7, 11) is 0. The number of carbonyl (C=O) groups excluding carboxylic acids is 1. The van der Waals surface area contributed by atoms with Crippen molar-refractivity contribution >= 4 is 27.8 Å². The molecule has 1 aliphatic heterocycles. The van der Waals surface area contributed by atoms with Crippen molar-refractivity contribution in [2.75, 3.05) is 5.32 Å². The number of nitrogens with one attached hydrogen (secondary N) is 1. The molecule has 1 amide bonds. The number of imidazole rings is 1. The largest absolute Gasteiger partial charge is 0.346 e. The monoisotopic (exact) mass is 444 g/mol. The molecular formula is C19H21BrN6O2. The molecule has 3 heterocycles. The van der Waals surface area contributed by atoms with Crippen LogP contribution in [0.4, 0.5) is 5.95 Å². The van der Waals surface area contributed by atoms with Gasteiger partial charge >= 0.3 is 5.69 Å². The van der Waals surface area contributed by atoms with Gasteiger partial charge < -0.3 is 4.57 Å². The van der Waals surface area contributed by atoms with Crippen molar-refractivity contribution < 1.29 is 4.79 Å². The standard InChI is InChI=1S/C19H21BrN6O2/c20-15-7-5-14(6-8-15)12-24-11-9-21-18(24)22-17(27)13-26-19(28)25-10-3-1-2-4-16(25)23-26/h5-9,11H,1-4,10,12-13H2,(H,21,22,27). The lowest BCUT2D eigenvalue weighted by Gasteiger charge is -2.09. The Bertz CT molecular complexity index is 1030. The third-order valence-electron chi connectivity index (χ3n) is 4.81. The molecule has 28 heavy (non-hydrogen) atoms. The van der Waals surface area contributed by atoms with Gasteiger partial charge in [0.25, 0.3) is 0 Å². The molecule has 0 radical (unpaired) electrons. The molecule has 3 aromatic rings. The highest BCUT2D eigenvalue weighted by Gasteiger charge is 2.18. The number of hydrogen-bond acceptors (Lipinski definition) is 4. The van der Waals surface area contributed by atoms with Crippen molar-refractivity contribution in [3.8, 4) is 0 Å². The van der Waals surface area contributed by atoms with Crippen molar-refractivity contribution in [1.29, 1.82) is 0 Å². The first kappa shape index (κ1) is 18.7. The SMILES string of the molecule is O=C(Cn1nc2n(c1=O)CCCCC2)Nc1nccn1Cc1ccc(Br)cc1. The molecule has 9 heteroatoms. The van der Waals surface area contributed by atoms with Crippen LogP contribution in [0.15, 0.2) is 45.9 Å². The van der Waals surface area contributed by atoms with E-state index in [1.165, 1.54) is 4.68 Å². The number of carbonyl (C=O) groups is 1. The summed E-state index contributed by atoms with van der Waals surface area (Å²) < 4.78 is 5.80. The minimum atomic E-state index is -0.321. The van der Waals surface area contributed by atoms with Crippen LogP contribution in [0.2, 0.25) is 0 Å².